The van der Waals surface area contributed by atoms with Gasteiger partial charge in [0.1, 0.15) is 60.3 Å². The zero-order valence-electron chi connectivity index (χ0n) is 23.6. The predicted molar refractivity (Wildman–Crippen MR) is 150 cm³/mol. The summed E-state index contributed by atoms with van der Waals surface area (Å²) in [5, 5.41) is 41.5. The highest BCUT2D eigenvalue weighted by Gasteiger charge is 2.47. The maximum atomic E-state index is 12.4. The lowest BCUT2D eigenvalue weighted by Gasteiger charge is -2.20. The van der Waals surface area contributed by atoms with E-state index in [1.807, 2.05) is 0 Å². The van der Waals surface area contributed by atoms with Crippen molar-refractivity contribution in [1.82, 2.24) is 24.5 Å². The van der Waals surface area contributed by atoms with Crippen LogP contribution >= 0.6 is 15.6 Å². The Balaban J connectivity index is 1.11. The van der Waals surface area contributed by atoms with Gasteiger partial charge in [0, 0.05) is 6.54 Å². The molecule has 2 aliphatic rings. The highest BCUT2D eigenvalue weighted by Crippen LogP contribution is 2.60. The molecule has 5 heterocycles. The highest BCUT2D eigenvalue weighted by molar-refractivity contribution is 7.61. The number of nitrogens with two attached hydrogens (primary N) is 2. The fraction of sp³-hybridized carbons (Fsp3) is 0.522. The molecule has 1 amide bonds. The van der Waals surface area contributed by atoms with Crippen LogP contribution in [-0.4, -0.2) is 117 Å². The molecule has 2 aliphatic heterocycles. The van der Waals surface area contributed by atoms with E-state index in [0.717, 1.165) is 0 Å². The summed E-state index contributed by atoms with van der Waals surface area (Å²) in [6.45, 7) is -1.51. The Morgan fingerprint density at radius 3 is 2.22 bits per heavy atom. The zero-order chi connectivity index (χ0) is 33.4. The van der Waals surface area contributed by atoms with E-state index in [2.05, 4.69) is 28.8 Å². The number of primary amides is 1. The molecule has 10 atom stereocenters. The van der Waals surface area contributed by atoms with Gasteiger partial charge in [-0.25, -0.2) is 29.1 Å². The molecule has 21 nitrogen and oxygen atoms in total. The average molecular weight is 691 g/mol. The number of rotatable bonds is 13. The molecule has 46 heavy (non-hydrogen) atoms. The molecule has 2 saturated heterocycles. The molecule has 252 valence electrons. The SMILES string of the molecule is NC(=O)c1cccc([C@@H]2O[C@H](COP(=O)(O)OP(=O)(O)OC[C@H]3O[C@@H](CCn4cnc5c(N)ncnc54)C(O)[C@H]3O)C(O)[C@@H]2O)n1. The van der Waals surface area contributed by atoms with E-state index in [0.29, 0.717) is 11.2 Å². The zero-order valence-corrected chi connectivity index (χ0v) is 25.4. The van der Waals surface area contributed by atoms with Gasteiger partial charge >= 0.3 is 15.6 Å². The van der Waals surface area contributed by atoms with E-state index in [1.165, 1.54) is 30.9 Å². The van der Waals surface area contributed by atoms with Crippen LogP contribution in [0.15, 0.2) is 30.9 Å². The first-order valence-electron chi connectivity index (χ1n) is 13.5. The van der Waals surface area contributed by atoms with Gasteiger partial charge in [-0.3, -0.25) is 13.8 Å². The summed E-state index contributed by atoms with van der Waals surface area (Å²) in [7, 11) is -10.7. The van der Waals surface area contributed by atoms with Gasteiger partial charge in [0.2, 0.25) is 0 Å². The molecule has 0 aromatic carbocycles. The number of aryl methyl sites for hydroxylation is 1. The number of carbonyl (C=O) groups is 1. The summed E-state index contributed by atoms with van der Waals surface area (Å²) in [6.07, 6.45) is -8.36. The van der Waals surface area contributed by atoms with Crippen LogP contribution in [0.1, 0.15) is 28.7 Å². The van der Waals surface area contributed by atoms with Crippen molar-refractivity contribution >= 4 is 38.5 Å². The number of hydrogen-bond acceptors (Lipinski definition) is 17. The number of nitrogen functional groups attached to an aromatic ring is 1. The molecule has 0 saturated carbocycles. The van der Waals surface area contributed by atoms with Crippen LogP contribution in [-0.2, 0) is 38.5 Å². The van der Waals surface area contributed by atoms with Crippen molar-refractivity contribution in [1.29, 1.82) is 0 Å². The monoisotopic (exact) mass is 691 g/mol. The van der Waals surface area contributed by atoms with Crippen LogP contribution in [0.2, 0.25) is 0 Å². The van der Waals surface area contributed by atoms with Gasteiger partial charge < -0.3 is 55.7 Å². The summed E-state index contributed by atoms with van der Waals surface area (Å²) < 4.78 is 51.2. The first-order chi connectivity index (χ1) is 21.7. The number of phosphoric ester groups is 2. The molecule has 2 fully saturated rings. The van der Waals surface area contributed by atoms with E-state index < -0.39 is 83.6 Å². The normalized spacial score (nSPS) is 30.7. The van der Waals surface area contributed by atoms with Crippen LogP contribution in [0.5, 0.6) is 0 Å². The van der Waals surface area contributed by atoms with E-state index >= 15 is 0 Å². The lowest BCUT2D eigenvalue weighted by atomic mass is 10.1. The van der Waals surface area contributed by atoms with Crippen LogP contribution in [0.4, 0.5) is 5.82 Å². The van der Waals surface area contributed by atoms with Gasteiger partial charge in [0.25, 0.3) is 5.91 Å². The van der Waals surface area contributed by atoms with Crippen LogP contribution < -0.4 is 11.5 Å². The quantitative estimate of drug-likeness (QED) is 0.0889. The van der Waals surface area contributed by atoms with Crippen molar-refractivity contribution in [3.05, 3.63) is 42.2 Å². The van der Waals surface area contributed by atoms with Crippen molar-refractivity contribution < 1.29 is 67.0 Å². The first-order valence-corrected chi connectivity index (χ1v) is 16.5. The molecule has 10 N–H and O–H groups in total. The lowest BCUT2D eigenvalue weighted by molar-refractivity contribution is -0.0286. The van der Waals surface area contributed by atoms with E-state index in [4.69, 9.17) is 25.5 Å². The van der Waals surface area contributed by atoms with Crippen LogP contribution in [0, 0.1) is 0 Å². The first kappa shape index (κ1) is 34.3. The molecule has 0 bridgehead atoms. The number of aliphatic hydroxyl groups is 4. The Morgan fingerprint density at radius 2 is 1.54 bits per heavy atom. The second kappa shape index (κ2) is 13.6. The molecular weight excluding hydrogens is 660 g/mol. The minimum atomic E-state index is -5.36. The minimum absolute atomic E-state index is 0.0284. The van der Waals surface area contributed by atoms with Crippen LogP contribution in [0.25, 0.3) is 11.2 Å². The summed E-state index contributed by atoms with van der Waals surface area (Å²) in [6, 6.07) is 4.11. The van der Waals surface area contributed by atoms with Crippen molar-refractivity contribution in [2.45, 2.75) is 61.8 Å². The number of nitrogens with zero attached hydrogens (tertiary/aromatic N) is 5. The van der Waals surface area contributed by atoms with Crippen molar-refractivity contribution in [3.8, 4) is 0 Å². The van der Waals surface area contributed by atoms with Crippen LogP contribution in [0.3, 0.4) is 0 Å². The van der Waals surface area contributed by atoms with Gasteiger partial charge in [0.15, 0.2) is 11.5 Å². The molecule has 0 aliphatic carbocycles. The van der Waals surface area contributed by atoms with Gasteiger partial charge in [-0.1, -0.05) is 6.07 Å². The number of anilines is 1. The molecule has 3 aromatic heterocycles. The summed E-state index contributed by atoms with van der Waals surface area (Å²) >= 11 is 0. The van der Waals surface area contributed by atoms with Crippen molar-refractivity contribution in [2.24, 2.45) is 5.73 Å². The molecule has 0 spiro atoms. The number of fused-ring (bicyclic) bond motifs is 1. The maximum Gasteiger partial charge on any atom is 0.481 e. The molecule has 3 aromatic rings. The van der Waals surface area contributed by atoms with E-state index in [-0.39, 0.29) is 30.2 Å². The Morgan fingerprint density at radius 1 is 0.913 bits per heavy atom. The Kier molecular flexibility index (Phi) is 10.2. The summed E-state index contributed by atoms with van der Waals surface area (Å²) in [5.74, 6) is -0.670. The number of phosphoric acid groups is 2. The maximum absolute atomic E-state index is 12.4. The number of hydrogen-bond donors (Lipinski definition) is 8. The fourth-order valence-electron chi connectivity index (χ4n) is 4.92. The number of carbonyl (C=O) groups excluding carboxylic acids is 1. The Labute approximate surface area is 258 Å². The Bertz CT molecular complexity index is 1660. The van der Waals surface area contributed by atoms with E-state index in [9.17, 15) is 44.1 Å². The third-order valence-corrected chi connectivity index (χ3v) is 9.83. The minimum Gasteiger partial charge on any atom is -0.388 e. The number of aromatic nitrogens is 5. The third-order valence-electron chi connectivity index (χ3n) is 7.23. The van der Waals surface area contributed by atoms with Gasteiger partial charge in [-0.15, -0.1) is 0 Å². The largest absolute Gasteiger partial charge is 0.481 e. The van der Waals surface area contributed by atoms with Crippen molar-refractivity contribution in [2.75, 3.05) is 18.9 Å². The third kappa shape index (κ3) is 7.58. The van der Waals surface area contributed by atoms with E-state index in [1.54, 1.807) is 4.57 Å². The smallest absolute Gasteiger partial charge is 0.388 e. The van der Waals surface area contributed by atoms with Gasteiger partial charge in [-0.05, 0) is 18.6 Å². The number of pyridine rings is 1. The topological polar surface area (TPSA) is 327 Å². The summed E-state index contributed by atoms with van der Waals surface area (Å²) in [5.41, 5.74) is 11.7. The highest BCUT2D eigenvalue weighted by atomic mass is 31.3. The molecule has 5 rings (SSSR count). The fourth-order valence-corrected chi connectivity index (χ4v) is 7.01. The molecule has 4 unspecified atom stereocenters. The van der Waals surface area contributed by atoms with Gasteiger partial charge in [-0.2, -0.15) is 4.31 Å². The molecule has 23 heteroatoms. The van der Waals surface area contributed by atoms with Gasteiger partial charge in [0.05, 0.1) is 31.3 Å². The Hall–Kier alpha value is -3.01. The number of ether oxygens (including phenoxy) is 2. The molecule has 0 radical (unpaired) electrons. The number of imidazole rings is 1. The predicted octanol–water partition coefficient (Wildman–Crippen LogP) is -2.11. The summed E-state index contributed by atoms with van der Waals surface area (Å²) in [4.78, 5) is 47.5. The second-order valence-corrected chi connectivity index (χ2v) is 13.4. The number of amides is 1. The number of aliphatic hydroxyl groups excluding tert-OH is 4. The van der Waals surface area contributed by atoms with Crippen molar-refractivity contribution in [3.63, 3.8) is 0 Å². The molecular formula is C23H31N7O14P2. The average Bonchev–Trinajstić information content (AvgIpc) is 3.63. The standard InChI is InChI=1S/C23H31N7O14P2/c24-21-15-23(27-8-26-21)30(9-28-15)5-4-12-16(31)17(32)13(42-12)6-40-45(36,37)44-46(38,39)41-7-14-18(33)19(34)20(43-14)10-2-1-3-11(29-10)22(25)35/h1-3,8-9,12-14,16-20,31-34H,4-7H2,(H2,25,35)(H,36,37)(H,38,39)(H2,24,26,27)/t12-,13+,14+,16?,17-,18?,19-,20-/m0/s1. The lowest BCUT2D eigenvalue weighted by Crippen LogP contribution is -2.34. The second-order valence-electron chi connectivity index (χ2n) is 10.4.